The van der Waals surface area contributed by atoms with Crippen molar-refractivity contribution in [2.24, 2.45) is 10.4 Å². The molecule has 2 fully saturated rings. The van der Waals surface area contributed by atoms with Crippen molar-refractivity contribution in [2.45, 2.75) is 51.5 Å². The minimum atomic E-state index is -0.325. The first kappa shape index (κ1) is 22.1. The Morgan fingerprint density at radius 1 is 1.24 bits per heavy atom. The second kappa shape index (κ2) is 10.4. The molecule has 2 N–H and O–H groups in total. The third kappa shape index (κ3) is 5.51. The van der Waals surface area contributed by atoms with E-state index in [1.54, 1.807) is 4.90 Å². The first-order valence-corrected chi connectivity index (χ1v) is 11.9. The molecule has 0 radical (unpaired) electrons. The van der Waals surface area contributed by atoms with E-state index < -0.39 is 0 Å². The second-order valence-electron chi connectivity index (χ2n) is 8.54. The summed E-state index contributed by atoms with van der Waals surface area (Å²) >= 11 is 1.83. The lowest BCUT2D eigenvalue weighted by molar-refractivity contribution is -0.138. The predicted molar refractivity (Wildman–Crippen MR) is 121 cm³/mol. The lowest BCUT2D eigenvalue weighted by Gasteiger charge is -2.30. The Hall–Kier alpha value is -1.60. The van der Waals surface area contributed by atoms with E-state index in [0.717, 1.165) is 44.7 Å². The molecule has 2 aliphatic rings. The number of amides is 1. The van der Waals surface area contributed by atoms with Gasteiger partial charge in [0, 0.05) is 32.1 Å². The lowest BCUT2D eigenvalue weighted by atomic mass is 9.85. The van der Waals surface area contributed by atoms with Gasteiger partial charge in [0.05, 0.1) is 18.0 Å². The van der Waals surface area contributed by atoms with Gasteiger partial charge in [0.25, 0.3) is 0 Å². The zero-order valence-electron chi connectivity index (χ0n) is 18.2. The molecular weight excluding hydrogens is 382 g/mol. The number of guanidine groups is 1. The number of hydrogen-bond acceptors (Lipinski definition) is 4. The summed E-state index contributed by atoms with van der Waals surface area (Å²) in [6.45, 7) is 6.63. The van der Waals surface area contributed by atoms with Gasteiger partial charge in [0.1, 0.15) is 0 Å². The molecule has 1 aliphatic heterocycles. The van der Waals surface area contributed by atoms with Crippen LogP contribution in [0.3, 0.4) is 0 Å². The third-order valence-corrected chi connectivity index (χ3v) is 7.19. The molecule has 0 spiro atoms. The molecule has 1 aromatic rings. The molecule has 1 saturated carbocycles. The van der Waals surface area contributed by atoms with Crippen LogP contribution in [0.25, 0.3) is 0 Å². The van der Waals surface area contributed by atoms with Crippen LogP contribution in [0.4, 0.5) is 0 Å². The predicted octanol–water partition coefficient (Wildman–Crippen LogP) is 3.09. The van der Waals surface area contributed by atoms with Gasteiger partial charge in [-0.2, -0.15) is 0 Å². The number of carbonyl (C=O) groups excluding carboxylic acids is 1. The largest absolute Gasteiger partial charge is 0.357 e. The first-order chi connectivity index (χ1) is 14.1. The van der Waals surface area contributed by atoms with Gasteiger partial charge in [0.2, 0.25) is 5.91 Å². The maximum Gasteiger partial charge on any atom is 0.230 e. The summed E-state index contributed by atoms with van der Waals surface area (Å²) in [4.78, 5) is 23.5. The van der Waals surface area contributed by atoms with Gasteiger partial charge >= 0.3 is 0 Å². The molecule has 162 valence electrons. The normalized spacial score (nSPS) is 20.6. The minimum absolute atomic E-state index is 0.225. The summed E-state index contributed by atoms with van der Waals surface area (Å²) in [6, 6.07) is 4.76. The Balaban J connectivity index is 1.68. The summed E-state index contributed by atoms with van der Waals surface area (Å²) in [5.74, 6) is 1.05. The van der Waals surface area contributed by atoms with Gasteiger partial charge in [-0.1, -0.05) is 18.9 Å². The Morgan fingerprint density at radius 3 is 2.55 bits per heavy atom. The van der Waals surface area contributed by atoms with Crippen LogP contribution in [-0.2, 0) is 4.79 Å². The van der Waals surface area contributed by atoms with Gasteiger partial charge < -0.3 is 15.5 Å². The van der Waals surface area contributed by atoms with Crippen LogP contribution in [0.1, 0.15) is 56.4 Å². The smallest absolute Gasteiger partial charge is 0.230 e. The molecule has 1 atom stereocenters. The molecule has 1 saturated heterocycles. The van der Waals surface area contributed by atoms with Gasteiger partial charge in [-0.3, -0.25) is 14.7 Å². The molecular formula is C22H37N5OS. The number of carbonyl (C=O) groups is 1. The van der Waals surface area contributed by atoms with E-state index in [1.807, 2.05) is 25.4 Å². The van der Waals surface area contributed by atoms with Crippen LogP contribution in [0.5, 0.6) is 0 Å². The Labute approximate surface area is 179 Å². The Bertz CT molecular complexity index is 661. The first-order valence-electron chi connectivity index (χ1n) is 11.1. The summed E-state index contributed by atoms with van der Waals surface area (Å²) in [7, 11) is 3.72. The van der Waals surface area contributed by atoms with E-state index in [1.165, 1.54) is 30.8 Å². The van der Waals surface area contributed by atoms with Gasteiger partial charge in [-0.25, -0.2) is 0 Å². The van der Waals surface area contributed by atoms with Crippen LogP contribution < -0.4 is 10.6 Å². The molecule has 7 heteroatoms. The number of nitrogens with one attached hydrogen (secondary N) is 2. The van der Waals surface area contributed by atoms with E-state index in [-0.39, 0.29) is 11.3 Å². The van der Waals surface area contributed by atoms with Crippen molar-refractivity contribution in [1.29, 1.82) is 0 Å². The number of rotatable bonds is 8. The van der Waals surface area contributed by atoms with E-state index in [4.69, 9.17) is 4.99 Å². The molecule has 0 bridgehead atoms. The average molecular weight is 420 g/mol. The number of thiophene rings is 1. The quantitative estimate of drug-likeness (QED) is 0.502. The zero-order chi connectivity index (χ0) is 20.7. The van der Waals surface area contributed by atoms with E-state index >= 15 is 0 Å². The van der Waals surface area contributed by atoms with Crippen molar-refractivity contribution >= 4 is 23.2 Å². The fraction of sp³-hybridized carbons (Fsp3) is 0.727. The highest BCUT2D eigenvalue weighted by Crippen LogP contribution is 2.39. The third-order valence-electron chi connectivity index (χ3n) is 6.22. The molecule has 2 heterocycles. The molecule has 1 aliphatic carbocycles. The van der Waals surface area contributed by atoms with E-state index in [9.17, 15) is 4.79 Å². The van der Waals surface area contributed by atoms with Crippen molar-refractivity contribution in [3.8, 4) is 0 Å². The van der Waals surface area contributed by atoms with Crippen LogP contribution in [0, 0.1) is 5.41 Å². The SMILES string of the molecule is CCNC(=NCC1(C(=O)N(C)C)CCCC1)NCC(c1cccs1)N1CCCC1. The maximum absolute atomic E-state index is 12.8. The van der Waals surface area contributed by atoms with Crippen molar-refractivity contribution in [3.63, 3.8) is 0 Å². The minimum Gasteiger partial charge on any atom is -0.357 e. The van der Waals surface area contributed by atoms with E-state index in [2.05, 4.69) is 40.0 Å². The molecule has 0 aromatic carbocycles. The number of hydrogen-bond donors (Lipinski definition) is 2. The average Bonchev–Trinajstić information content (AvgIpc) is 3.49. The highest BCUT2D eigenvalue weighted by molar-refractivity contribution is 7.10. The van der Waals surface area contributed by atoms with Gasteiger partial charge in [0.15, 0.2) is 5.96 Å². The van der Waals surface area contributed by atoms with Crippen molar-refractivity contribution in [3.05, 3.63) is 22.4 Å². The highest BCUT2D eigenvalue weighted by atomic mass is 32.1. The van der Waals surface area contributed by atoms with Crippen molar-refractivity contribution < 1.29 is 4.79 Å². The summed E-state index contributed by atoms with van der Waals surface area (Å²) in [5, 5.41) is 9.12. The maximum atomic E-state index is 12.8. The van der Waals surface area contributed by atoms with Gasteiger partial charge in [-0.15, -0.1) is 11.3 Å². The van der Waals surface area contributed by atoms with Crippen LogP contribution in [-0.4, -0.2) is 68.5 Å². The Morgan fingerprint density at radius 2 is 1.97 bits per heavy atom. The standard InChI is InChI=1S/C22H37N5OS/c1-4-23-21(25-17-22(11-5-6-12-22)20(28)26(2)3)24-16-18(19-10-9-15-29-19)27-13-7-8-14-27/h9-10,15,18H,4-8,11-14,16-17H2,1-3H3,(H2,23,24,25). The molecule has 1 amide bonds. The lowest BCUT2D eigenvalue weighted by Crippen LogP contribution is -2.44. The number of likely N-dealkylation sites (tertiary alicyclic amines) is 1. The molecule has 29 heavy (non-hydrogen) atoms. The number of aliphatic imine (C=N–C) groups is 1. The fourth-order valence-electron chi connectivity index (χ4n) is 4.67. The fourth-order valence-corrected chi connectivity index (χ4v) is 5.54. The topological polar surface area (TPSA) is 60.0 Å². The molecule has 6 nitrogen and oxygen atoms in total. The van der Waals surface area contributed by atoms with Gasteiger partial charge in [-0.05, 0) is 57.1 Å². The summed E-state index contributed by atoms with van der Waals surface area (Å²) < 4.78 is 0. The van der Waals surface area contributed by atoms with Crippen LogP contribution >= 0.6 is 11.3 Å². The monoisotopic (exact) mass is 419 g/mol. The molecule has 1 unspecified atom stereocenters. The van der Waals surface area contributed by atoms with Crippen molar-refractivity contribution in [1.82, 2.24) is 20.4 Å². The van der Waals surface area contributed by atoms with Crippen LogP contribution in [0.2, 0.25) is 0 Å². The molecule has 1 aromatic heterocycles. The number of nitrogens with zero attached hydrogens (tertiary/aromatic N) is 3. The summed E-state index contributed by atoms with van der Waals surface area (Å²) in [5.41, 5.74) is -0.325. The summed E-state index contributed by atoms with van der Waals surface area (Å²) in [6.07, 6.45) is 6.69. The van der Waals surface area contributed by atoms with Crippen LogP contribution in [0.15, 0.2) is 22.5 Å². The van der Waals surface area contributed by atoms with Crippen molar-refractivity contribution in [2.75, 3.05) is 46.8 Å². The van der Waals surface area contributed by atoms with E-state index in [0.29, 0.717) is 12.6 Å². The second-order valence-corrected chi connectivity index (χ2v) is 9.52. The highest BCUT2D eigenvalue weighted by Gasteiger charge is 2.42. The molecule has 3 rings (SSSR count). The zero-order valence-corrected chi connectivity index (χ0v) is 19.1. The Kier molecular flexibility index (Phi) is 7.95.